The molecule has 0 amide bonds. The van der Waals surface area contributed by atoms with Gasteiger partial charge in [0, 0.05) is 25.7 Å². The third-order valence-electron chi connectivity index (χ3n) is 1.73. The van der Waals surface area contributed by atoms with E-state index in [2.05, 4.69) is 15.4 Å². The fourth-order valence-corrected chi connectivity index (χ4v) is 1.17. The number of ether oxygens (including phenoxy) is 1. The van der Waals surface area contributed by atoms with Gasteiger partial charge >= 0.3 is 5.97 Å². The van der Waals surface area contributed by atoms with Gasteiger partial charge in [-0.05, 0) is 0 Å². The predicted molar refractivity (Wildman–Crippen MR) is 44.2 cm³/mol. The Kier molecular flexibility index (Phi) is 3.69. The summed E-state index contributed by atoms with van der Waals surface area (Å²) >= 11 is 0. The second-order valence-corrected chi connectivity index (χ2v) is 2.67. The third-order valence-corrected chi connectivity index (χ3v) is 1.73. The van der Waals surface area contributed by atoms with Crippen LogP contribution in [0, 0.1) is 5.41 Å². The monoisotopic (exact) mass is 171 g/mol. The van der Waals surface area contributed by atoms with Gasteiger partial charge in [-0.25, -0.2) is 0 Å². The highest BCUT2D eigenvalue weighted by atomic mass is 16.5. The molecule has 12 heavy (non-hydrogen) atoms. The number of piperazine rings is 1. The van der Waals surface area contributed by atoms with E-state index < -0.39 is 0 Å². The summed E-state index contributed by atoms with van der Waals surface area (Å²) < 4.78 is 4.38. The van der Waals surface area contributed by atoms with Crippen molar-refractivity contribution in [3.8, 4) is 0 Å². The normalized spacial score (nSPS) is 23.2. The molecule has 1 atom stereocenters. The molecule has 0 radical (unpaired) electrons. The van der Waals surface area contributed by atoms with Gasteiger partial charge in [-0.2, -0.15) is 0 Å². The minimum Gasteiger partial charge on any atom is -0.415 e. The zero-order valence-corrected chi connectivity index (χ0v) is 6.80. The number of hydrogen-bond acceptors (Lipinski definition) is 5. The van der Waals surface area contributed by atoms with E-state index in [1.165, 1.54) is 0 Å². The quantitative estimate of drug-likeness (QED) is 0.292. The Labute approximate surface area is 71.0 Å². The van der Waals surface area contributed by atoms with Gasteiger partial charge < -0.3 is 15.4 Å². The Morgan fingerprint density at radius 3 is 3.08 bits per heavy atom. The maximum Gasteiger partial charge on any atom is 0.313 e. The summed E-state index contributed by atoms with van der Waals surface area (Å²) in [5, 5.41) is 12.9. The van der Waals surface area contributed by atoms with E-state index in [-0.39, 0.29) is 12.0 Å². The van der Waals surface area contributed by atoms with Gasteiger partial charge in [-0.15, -0.1) is 0 Å². The number of carbonyl (C=O) groups is 1. The molecule has 0 spiro atoms. The van der Waals surface area contributed by atoms with Crippen LogP contribution < -0.4 is 10.6 Å². The maximum atomic E-state index is 10.9. The van der Waals surface area contributed by atoms with Gasteiger partial charge in [0.2, 0.25) is 0 Å². The molecule has 1 rings (SSSR count). The minimum absolute atomic E-state index is 0.145. The number of esters is 1. The fraction of sp³-hybridized carbons (Fsp3) is 0.714. The number of carbonyl (C=O) groups excluding carboxylic acids is 1. The van der Waals surface area contributed by atoms with Crippen LogP contribution in [0.1, 0.15) is 6.42 Å². The van der Waals surface area contributed by atoms with Gasteiger partial charge in [0.25, 0.3) is 0 Å². The summed E-state index contributed by atoms with van der Waals surface area (Å²) in [6.45, 7) is 2.60. The SMILES string of the molecule is N=COC(=O)CC1CNCCN1. The van der Waals surface area contributed by atoms with Crippen LogP contribution in [-0.2, 0) is 9.53 Å². The first-order valence-corrected chi connectivity index (χ1v) is 3.95. The molecule has 1 heterocycles. The zero-order chi connectivity index (χ0) is 8.81. The van der Waals surface area contributed by atoms with Crippen LogP contribution in [-0.4, -0.2) is 38.0 Å². The van der Waals surface area contributed by atoms with E-state index in [4.69, 9.17) is 5.41 Å². The summed E-state index contributed by atoms with van der Waals surface area (Å²) in [5.41, 5.74) is 0. The van der Waals surface area contributed by atoms with E-state index in [9.17, 15) is 4.79 Å². The molecule has 1 unspecified atom stereocenters. The Balaban J connectivity index is 2.19. The zero-order valence-electron chi connectivity index (χ0n) is 6.80. The lowest BCUT2D eigenvalue weighted by Crippen LogP contribution is -2.49. The summed E-state index contributed by atoms with van der Waals surface area (Å²) in [7, 11) is 0. The molecule has 1 aliphatic rings. The summed E-state index contributed by atoms with van der Waals surface area (Å²) in [6.07, 6.45) is 0.987. The molecule has 0 saturated carbocycles. The molecule has 0 bridgehead atoms. The van der Waals surface area contributed by atoms with Gasteiger partial charge in [0.1, 0.15) is 0 Å². The first-order chi connectivity index (χ1) is 5.83. The van der Waals surface area contributed by atoms with E-state index in [1.54, 1.807) is 0 Å². The van der Waals surface area contributed by atoms with Crippen molar-refractivity contribution in [2.75, 3.05) is 19.6 Å². The fourth-order valence-electron chi connectivity index (χ4n) is 1.17. The Morgan fingerprint density at radius 1 is 1.67 bits per heavy atom. The molecule has 5 heteroatoms. The molecule has 0 aliphatic carbocycles. The van der Waals surface area contributed by atoms with E-state index >= 15 is 0 Å². The smallest absolute Gasteiger partial charge is 0.313 e. The Hall–Kier alpha value is -0.940. The van der Waals surface area contributed by atoms with Crippen molar-refractivity contribution in [3.63, 3.8) is 0 Å². The largest absolute Gasteiger partial charge is 0.415 e. The second-order valence-electron chi connectivity index (χ2n) is 2.67. The van der Waals surface area contributed by atoms with E-state index in [0.717, 1.165) is 19.6 Å². The molecule has 0 aromatic carbocycles. The topological polar surface area (TPSA) is 74.2 Å². The lowest BCUT2D eigenvalue weighted by Gasteiger charge is -2.23. The highest BCUT2D eigenvalue weighted by Crippen LogP contribution is 1.95. The highest BCUT2D eigenvalue weighted by Gasteiger charge is 2.16. The van der Waals surface area contributed by atoms with Gasteiger partial charge in [-0.1, -0.05) is 0 Å². The maximum absolute atomic E-state index is 10.9. The van der Waals surface area contributed by atoms with Crippen molar-refractivity contribution in [1.82, 2.24) is 10.6 Å². The molecule has 68 valence electrons. The molecular weight excluding hydrogens is 158 g/mol. The van der Waals surface area contributed by atoms with E-state index in [1.807, 2.05) is 0 Å². The first kappa shape index (κ1) is 9.15. The van der Waals surface area contributed by atoms with Crippen LogP contribution in [0.15, 0.2) is 0 Å². The van der Waals surface area contributed by atoms with Crippen LogP contribution in [0.5, 0.6) is 0 Å². The second kappa shape index (κ2) is 4.84. The van der Waals surface area contributed by atoms with Crippen molar-refractivity contribution < 1.29 is 9.53 Å². The molecule has 1 aliphatic heterocycles. The van der Waals surface area contributed by atoms with Crippen molar-refractivity contribution in [1.29, 1.82) is 5.41 Å². The van der Waals surface area contributed by atoms with Gasteiger partial charge in [-0.3, -0.25) is 10.2 Å². The molecule has 3 N–H and O–H groups in total. The number of hydrogen-bond donors (Lipinski definition) is 3. The van der Waals surface area contributed by atoms with Crippen molar-refractivity contribution in [2.24, 2.45) is 0 Å². The van der Waals surface area contributed by atoms with Gasteiger partial charge in [0.05, 0.1) is 6.42 Å². The first-order valence-electron chi connectivity index (χ1n) is 3.95. The lowest BCUT2D eigenvalue weighted by atomic mass is 10.2. The molecule has 0 aromatic rings. The molecule has 1 fully saturated rings. The van der Waals surface area contributed by atoms with Crippen LogP contribution in [0.3, 0.4) is 0 Å². The minimum atomic E-state index is -0.355. The van der Waals surface area contributed by atoms with Gasteiger partial charge in [0.15, 0.2) is 6.40 Å². The average Bonchev–Trinajstić information content (AvgIpc) is 2.06. The third kappa shape index (κ3) is 2.98. The molecule has 5 nitrogen and oxygen atoms in total. The van der Waals surface area contributed by atoms with Crippen molar-refractivity contribution in [3.05, 3.63) is 0 Å². The average molecular weight is 171 g/mol. The molecular formula is C7H13N3O2. The standard InChI is InChI=1S/C7H13N3O2/c8-5-12-7(11)3-6-4-9-1-2-10-6/h5-6,8-10H,1-4H2. The molecule has 0 aromatic heterocycles. The Bertz CT molecular complexity index is 166. The predicted octanol–water partition coefficient (Wildman–Crippen LogP) is -0.912. The summed E-state index contributed by atoms with van der Waals surface area (Å²) in [5.74, 6) is -0.355. The van der Waals surface area contributed by atoms with Crippen LogP contribution in [0.4, 0.5) is 0 Å². The number of rotatable bonds is 3. The van der Waals surface area contributed by atoms with Crippen molar-refractivity contribution >= 4 is 12.4 Å². The number of nitrogens with one attached hydrogen (secondary N) is 3. The molecule has 1 saturated heterocycles. The van der Waals surface area contributed by atoms with Crippen LogP contribution >= 0.6 is 0 Å². The van der Waals surface area contributed by atoms with Crippen molar-refractivity contribution in [2.45, 2.75) is 12.5 Å². The lowest BCUT2D eigenvalue weighted by molar-refractivity contribution is -0.135. The van der Waals surface area contributed by atoms with E-state index in [0.29, 0.717) is 12.8 Å². The Morgan fingerprint density at radius 2 is 2.50 bits per heavy atom. The van der Waals surface area contributed by atoms with Crippen LogP contribution in [0.25, 0.3) is 0 Å². The van der Waals surface area contributed by atoms with Crippen LogP contribution in [0.2, 0.25) is 0 Å². The summed E-state index contributed by atoms with van der Waals surface area (Å²) in [6, 6.07) is 0.145. The summed E-state index contributed by atoms with van der Waals surface area (Å²) in [4.78, 5) is 10.9. The highest BCUT2D eigenvalue weighted by molar-refractivity contribution is 5.77.